The van der Waals surface area contributed by atoms with Crippen LogP contribution in [-0.4, -0.2) is 28.5 Å². The lowest BCUT2D eigenvalue weighted by atomic mass is 9.81. The van der Waals surface area contributed by atoms with Gasteiger partial charge in [0.05, 0.1) is 5.75 Å². The molecule has 0 aromatic carbocycles. The molecule has 0 amide bonds. The highest BCUT2D eigenvalue weighted by Crippen LogP contribution is 2.27. The van der Waals surface area contributed by atoms with Crippen LogP contribution in [0.1, 0.15) is 41.0 Å². The zero-order valence-corrected chi connectivity index (χ0v) is 11.7. The Labute approximate surface area is 99.3 Å². The third-order valence-corrected chi connectivity index (χ3v) is 4.66. The summed E-state index contributed by atoms with van der Waals surface area (Å²) in [7, 11) is 0. The molecule has 88 valence electrons. The molecule has 0 bridgehead atoms. The van der Waals surface area contributed by atoms with Crippen LogP contribution >= 0.6 is 11.8 Å². The lowest BCUT2D eigenvalue weighted by Crippen LogP contribution is -2.39. The average molecular weight is 228 g/mol. The number of rotatable bonds is 5. The SMILES string of the molecule is CCC(C)C(C)C(C(C)C)[N+]1=CSCC1. The van der Waals surface area contributed by atoms with Gasteiger partial charge in [-0.25, -0.2) is 4.58 Å². The van der Waals surface area contributed by atoms with Gasteiger partial charge in [0.25, 0.3) is 0 Å². The summed E-state index contributed by atoms with van der Waals surface area (Å²) in [5.74, 6) is 3.65. The van der Waals surface area contributed by atoms with Crippen LogP contribution in [0, 0.1) is 17.8 Å². The van der Waals surface area contributed by atoms with E-state index in [1.807, 2.05) is 11.8 Å². The quantitative estimate of drug-likeness (QED) is 0.651. The van der Waals surface area contributed by atoms with E-state index < -0.39 is 0 Å². The largest absolute Gasteiger partial charge is 0.226 e. The Balaban J connectivity index is 2.73. The van der Waals surface area contributed by atoms with Crippen LogP contribution in [0.15, 0.2) is 0 Å². The molecule has 0 saturated carbocycles. The van der Waals surface area contributed by atoms with Gasteiger partial charge in [-0.05, 0) is 5.92 Å². The summed E-state index contributed by atoms with van der Waals surface area (Å²) in [6, 6.07) is 0.731. The van der Waals surface area contributed by atoms with Gasteiger partial charge >= 0.3 is 0 Å². The molecule has 0 aromatic heterocycles. The predicted octanol–water partition coefficient (Wildman–Crippen LogP) is 3.48. The van der Waals surface area contributed by atoms with E-state index >= 15 is 0 Å². The van der Waals surface area contributed by atoms with Crippen molar-refractivity contribution in [3.05, 3.63) is 0 Å². The first-order valence-electron chi connectivity index (χ1n) is 6.28. The van der Waals surface area contributed by atoms with E-state index in [2.05, 4.69) is 44.7 Å². The number of thioether (sulfide) groups is 1. The van der Waals surface area contributed by atoms with Crippen molar-refractivity contribution in [3.8, 4) is 0 Å². The maximum Gasteiger partial charge on any atom is 0.198 e. The van der Waals surface area contributed by atoms with Gasteiger partial charge in [-0.2, -0.15) is 0 Å². The molecule has 3 atom stereocenters. The highest BCUT2D eigenvalue weighted by atomic mass is 32.2. The Bertz CT molecular complexity index is 223. The van der Waals surface area contributed by atoms with E-state index in [0.717, 1.165) is 23.8 Å². The number of nitrogens with zero attached hydrogens (tertiary/aromatic N) is 1. The molecule has 0 aliphatic carbocycles. The molecular formula is C13H26NS+. The first-order chi connectivity index (χ1) is 7.07. The second-order valence-electron chi connectivity index (χ2n) is 5.19. The summed E-state index contributed by atoms with van der Waals surface area (Å²) in [5, 5.41) is 0. The molecule has 2 heteroatoms. The summed E-state index contributed by atoms with van der Waals surface area (Å²) >= 11 is 1.97. The Morgan fingerprint density at radius 3 is 2.33 bits per heavy atom. The minimum absolute atomic E-state index is 0.731. The fraction of sp³-hybridized carbons (Fsp3) is 0.923. The van der Waals surface area contributed by atoms with Crippen molar-refractivity contribution in [2.75, 3.05) is 12.3 Å². The lowest BCUT2D eigenvalue weighted by Gasteiger charge is -2.28. The standard InChI is InChI=1S/C13H26NS/c1-6-11(4)12(5)13(10(2)3)14-7-8-15-9-14/h9-13H,6-8H2,1-5H3/q+1. The molecule has 1 rings (SSSR count). The Morgan fingerprint density at radius 1 is 1.27 bits per heavy atom. The minimum atomic E-state index is 0.731. The van der Waals surface area contributed by atoms with Gasteiger partial charge in [0.2, 0.25) is 0 Å². The molecule has 1 heterocycles. The summed E-state index contributed by atoms with van der Waals surface area (Å²) in [6.07, 6.45) is 1.30. The maximum absolute atomic E-state index is 2.58. The zero-order valence-electron chi connectivity index (χ0n) is 10.9. The van der Waals surface area contributed by atoms with E-state index in [1.54, 1.807) is 0 Å². The van der Waals surface area contributed by atoms with Crippen LogP contribution in [0.25, 0.3) is 0 Å². The Kier molecular flexibility index (Phi) is 5.17. The molecule has 1 aliphatic rings. The van der Waals surface area contributed by atoms with Gasteiger partial charge in [-0.3, -0.25) is 0 Å². The van der Waals surface area contributed by atoms with Crippen LogP contribution < -0.4 is 0 Å². The van der Waals surface area contributed by atoms with Crippen molar-refractivity contribution in [3.63, 3.8) is 0 Å². The third-order valence-electron chi connectivity index (χ3n) is 3.82. The van der Waals surface area contributed by atoms with E-state index in [9.17, 15) is 0 Å². The number of hydrogen-bond donors (Lipinski definition) is 0. The van der Waals surface area contributed by atoms with Gasteiger partial charge < -0.3 is 0 Å². The molecule has 0 radical (unpaired) electrons. The molecule has 0 spiro atoms. The fourth-order valence-electron chi connectivity index (χ4n) is 2.58. The highest BCUT2D eigenvalue weighted by molar-refractivity contribution is 8.12. The summed E-state index contributed by atoms with van der Waals surface area (Å²) in [5.41, 5.74) is 2.35. The van der Waals surface area contributed by atoms with Crippen molar-refractivity contribution < 1.29 is 4.58 Å². The molecule has 1 nitrogen and oxygen atoms in total. The van der Waals surface area contributed by atoms with Gasteiger partial charge in [0.15, 0.2) is 18.1 Å². The second kappa shape index (κ2) is 5.93. The summed E-state index contributed by atoms with van der Waals surface area (Å²) < 4.78 is 2.58. The molecule has 1 aliphatic heterocycles. The second-order valence-corrected chi connectivity index (χ2v) is 6.15. The Hall–Kier alpha value is 0.0200. The molecule has 0 aromatic rings. The van der Waals surface area contributed by atoms with Crippen LogP contribution in [0.3, 0.4) is 0 Å². The van der Waals surface area contributed by atoms with E-state index in [1.165, 1.54) is 18.7 Å². The van der Waals surface area contributed by atoms with E-state index in [4.69, 9.17) is 0 Å². The van der Waals surface area contributed by atoms with Crippen LogP contribution in [0.2, 0.25) is 0 Å². The van der Waals surface area contributed by atoms with Crippen LogP contribution in [0.5, 0.6) is 0 Å². The topological polar surface area (TPSA) is 3.01 Å². The molecule has 0 saturated heterocycles. The van der Waals surface area contributed by atoms with Gasteiger partial charge in [0.1, 0.15) is 0 Å². The molecular weight excluding hydrogens is 202 g/mol. The van der Waals surface area contributed by atoms with Crippen molar-refractivity contribution in [1.82, 2.24) is 0 Å². The Morgan fingerprint density at radius 2 is 1.93 bits per heavy atom. The molecule has 0 N–H and O–H groups in total. The molecule has 0 fully saturated rings. The normalized spacial score (nSPS) is 22.7. The van der Waals surface area contributed by atoms with Crippen molar-refractivity contribution in [1.29, 1.82) is 0 Å². The monoisotopic (exact) mass is 228 g/mol. The predicted molar refractivity (Wildman–Crippen MR) is 70.9 cm³/mol. The van der Waals surface area contributed by atoms with Crippen molar-refractivity contribution in [2.45, 2.75) is 47.1 Å². The first-order valence-corrected chi connectivity index (χ1v) is 7.33. The minimum Gasteiger partial charge on any atom is -0.226 e. The van der Waals surface area contributed by atoms with E-state index in [-0.39, 0.29) is 0 Å². The molecule has 3 unspecified atom stereocenters. The van der Waals surface area contributed by atoms with Crippen LogP contribution in [0.4, 0.5) is 0 Å². The fourth-order valence-corrected chi connectivity index (χ4v) is 3.44. The summed E-state index contributed by atoms with van der Waals surface area (Å²) in [6.45, 7) is 13.1. The summed E-state index contributed by atoms with van der Waals surface area (Å²) in [4.78, 5) is 0. The average Bonchev–Trinajstić information content (AvgIpc) is 2.69. The van der Waals surface area contributed by atoms with E-state index in [0.29, 0.717) is 0 Å². The van der Waals surface area contributed by atoms with Crippen molar-refractivity contribution in [2.24, 2.45) is 17.8 Å². The van der Waals surface area contributed by atoms with Crippen molar-refractivity contribution >= 4 is 17.3 Å². The molecule has 15 heavy (non-hydrogen) atoms. The lowest BCUT2D eigenvalue weighted by molar-refractivity contribution is -0.571. The highest BCUT2D eigenvalue weighted by Gasteiger charge is 2.34. The number of hydrogen-bond acceptors (Lipinski definition) is 1. The van der Waals surface area contributed by atoms with Crippen LogP contribution in [-0.2, 0) is 0 Å². The van der Waals surface area contributed by atoms with Gasteiger partial charge in [0, 0.05) is 11.8 Å². The third kappa shape index (κ3) is 3.24. The zero-order chi connectivity index (χ0) is 11.4. The smallest absolute Gasteiger partial charge is 0.198 e. The van der Waals surface area contributed by atoms with Gasteiger partial charge in [-0.1, -0.05) is 52.8 Å². The maximum atomic E-state index is 2.58. The van der Waals surface area contributed by atoms with Gasteiger partial charge in [-0.15, -0.1) is 0 Å². The first kappa shape index (κ1) is 13.1.